The number of nitrogens with two attached hydrogens (primary N) is 1. The molecule has 0 saturated carbocycles. The summed E-state index contributed by atoms with van der Waals surface area (Å²) in [5, 5.41) is 5.89. The average molecular weight is 304 g/mol. The summed E-state index contributed by atoms with van der Waals surface area (Å²) in [7, 11) is 0. The molecule has 21 heavy (non-hydrogen) atoms. The van der Waals surface area contributed by atoms with Crippen molar-refractivity contribution in [1.82, 2.24) is 10.3 Å². The van der Waals surface area contributed by atoms with E-state index in [-0.39, 0.29) is 11.8 Å². The van der Waals surface area contributed by atoms with Crippen LogP contribution in [0.15, 0.2) is 24.3 Å². The minimum absolute atomic E-state index is 0.116. The van der Waals surface area contributed by atoms with E-state index in [0.29, 0.717) is 22.2 Å². The van der Waals surface area contributed by atoms with E-state index >= 15 is 0 Å². The Labute approximate surface area is 126 Å². The quantitative estimate of drug-likeness (QED) is 0.804. The van der Waals surface area contributed by atoms with E-state index in [9.17, 15) is 9.59 Å². The molecule has 1 heterocycles. The Balaban J connectivity index is 1.95. The van der Waals surface area contributed by atoms with Gasteiger partial charge in [0, 0.05) is 19.2 Å². The highest BCUT2D eigenvalue weighted by Gasteiger charge is 2.13. The van der Waals surface area contributed by atoms with E-state index < -0.39 is 0 Å². The zero-order valence-electron chi connectivity index (χ0n) is 11.8. The van der Waals surface area contributed by atoms with Crippen LogP contribution in [0, 0.1) is 6.92 Å². The topological polar surface area (TPSA) is 97.1 Å². The van der Waals surface area contributed by atoms with Crippen molar-refractivity contribution < 1.29 is 9.59 Å². The van der Waals surface area contributed by atoms with Crippen LogP contribution in [-0.2, 0) is 11.3 Å². The van der Waals surface area contributed by atoms with Gasteiger partial charge in [-0.2, -0.15) is 0 Å². The summed E-state index contributed by atoms with van der Waals surface area (Å²) in [6, 6.07) is 7.27. The molecule has 2 rings (SSSR count). The highest BCUT2D eigenvalue weighted by atomic mass is 32.1. The van der Waals surface area contributed by atoms with E-state index in [1.165, 1.54) is 18.3 Å². The van der Waals surface area contributed by atoms with Gasteiger partial charge < -0.3 is 16.4 Å². The lowest BCUT2D eigenvalue weighted by molar-refractivity contribution is -0.114. The SMILES string of the molecule is CC(=O)Nc1ccc(CNC(=O)c2sc(N)nc2C)cc1. The summed E-state index contributed by atoms with van der Waals surface area (Å²) >= 11 is 1.17. The van der Waals surface area contributed by atoms with Crippen molar-refractivity contribution in [2.24, 2.45) is 0 Å². The maximum absolute atomic E-state index is 12.0. The molecule has 1 aromatic carbocycles. The molecule has 0 saturated heterocycles. The molecule has 110 valence electrons. The summed E-state index contributed by atoms with van der Waals surface area (Å²) in [5.41, 5.74) is 7.87. The fourth-order valence-corrected chi connectivity index (χ4v) is 2.55. The van der Waals surface area contributed by atoms with Gasteiger partial charge in [-0.15, -0.1) is 0 Å². The van der Waals surface area contributed by atoms with Gasteiger partial charge in [-0.1, -0.05) is 23.5 Å². The molecule has 0 radical (unpaired) electrons. The number of nitrogens with zero attached hydrogens (tertiary/aromatic N) is 1. The maximum atomic E-state index is 12.0. The Morgan fingerprint density at radius 2 is 1.95 bits per heavy atom. The normalized spacial score (nSPS) is 10.2. The van der Waals surface area contributed by atoms with Crippen molar-refractivity contribution in [2.45, 2.75) is 20.4 Å². The molecule has 2 amide bonds. The van der Waals surface area contributed by atoms with Crippen LogP contribution in [0.25, 0.3) is 0 Å². The Hall–Kier alpha value is -2.41. The van der Waals surface area contributed by atoms with Crippen LogP contribution >= 0.6 is 11.3 Å². The molecular weight excluding hydrogens is 288 g/mol. The Morgan fingerprint density at radius 1 is 1.29 bits per heavy atom. The Morgan fingerprint density at radius 3 is 2.48 bits per heavy atom. The molecule has 0 aliphatic carbocycles. The molecule has 0 aliphatic rings. The van der Waals surface area contributed by atoms with Gasteiger partial charge in [0.15, 0.2) is 5.13 Å². The number of hydrogen-bond donors (Lipinski definition) is 3. The van der Waals surface area contributed by atoms with Gasteiger partial charge in [-0.05, 0) is 24.6 Å². The van der Waals surface area contributed by atoms with Crippen LogP contribution in [0.1, 0.15) is 27.9 Å². The van der Waals surface area contributed by atoms with E-state index in [4.69, 9.17) is 5.73 Å². The Bertz CT molecular complexity index is 664. The molecule has 0 atom stereocenters. The largest absolute Gasteiger partial charge is 0.375 e. The fourth-order valence-electron chi connectivity index (χ4n) is 1.80. The predicted octanol–water partition coefficient (Wildman–Crippen LogP) is 1.92. The van der Waals surface area contributed by atoms with Crippen molar-refractivity contribution in [3.05, 3.63) is 40.4 Å². The Kier molecular flexibility index (Phi) is 4.54. The lowest BCUT2D eigenvalue weighted by Crippen LogP contribution is -2.22. The summed E-state index contributed by atoms with van der Waals surface area (Å²) in [5.74, 6) is -0.304. The van der Waals surface area contributed by atoms with E-state index in [1.54, 1.807) is 19.1 Å². The molecule has 1 aromatic heterocycles. The van der Waals surface area contributed by atoms with Gasteiger partial charge in [0.25, 0.3) is 5.91 Å². The van der Waals surface area contributed by atoms with E-state index in [2.05, 4.69) is 15.6 Å². The second-order valence-electron chi connectivity index (χ2n) is 4.53. The van der Waals surface area contributed by atoms with Crippen LogP contribution in [0.3, 0.4) is 0 Å². The second-order valence-corrected chi connectivity index (χ2v) is 5.56. The molecule has 7 heteroatoms. The number of hydrogen-bond acceptors (Lipinski definition) is 5. The average Bonchev–Trinajstić information content (AvgIpc) is 2.76. The van der Waals surface area contributed by atoms with Gasteiger partial charge in [0.2, 0.25) is 5.91 Å². The highest BCUT2D eigenvalue weighted by molar-refractivity contribution is 7.17. The lowest BCUT2D eigenvalue weighted by atomic mass is 10.2. The number of nitrogens with one attached hydrogen (secondary N) is 2. The highest BCUT2D eigenvalue weighted by Crippen LogP contribution is 2.19. The van der Waals surface area contributed by atoms with Crippen molar-refractivity contribution in [3.8, 4) is 0 Å². The number of carbonyl (C=O) groups excluding carboxylic acids is 2. The number of aryl methyl sites for hydroxylation is 1. The van der Waals surface area contributed by atoms with Crippen LogP contribution in [0.2, 0.25) is 0 Å². The number of anilines is 2. The third-order valence-electron chi connectivity index (χ3n) is 2.75. The molecule has 2 aromatic rings. The molecule has 4 N–H and O–H groups in total. The minimum atomic E-state index is -0.187. The standard InChI is InChI=1S/C14H16N4O2S/c1-8-12(21-14(15)17-8)13(20)16-7-10-3-5-11(6-4-10)18-9(2)19/h3-6H,7H2,1-2H3,(H2,15,17)(H,16,20)(H,18,19). The van der Waals surface area contributed by atoms with Crippen molar-refractivity contribution in [2.75, 3.05) is 11.1 Å². The molecule has 0 aliphatic heterocycles. The third kappa shape index (κ3) is 4.03. The first-order chi connectivity index (χ1) is 9.95. The number of amides is 2. The van der Waals surface area contributed by atoms with Gasteiger partial charge in [-0.25, -0.2) is 4.98 Å². The second kappa shape index (κ2) is 6.36. The number of aromatic nitrogens is 1. The number of nitrogen functional groups attached to an aromatic ring is 1. The predicted molar refractivity (Wildman–Crippen MR) is 83.2 cm³/mol. The van der Waals surface area contributed by atoms with E-state index in [0.717, 1.165) is 11.3 Å². The summed E-state index contributed by atoms with van der Waals surface area (Å²) in [6.07, 6.45) is 0. The number of thiazole rings is 1. The van der Waals surface area contributed by atoms with Gasteiger partial charge in [0.05, 0.1) is 5.69 Å². The van der Waals surface area contributed by atoms with Gasteiger partial charge >= 0.3 is 0 Å². The zero-order chi connectivity index (χ0) is 15.4. The van der Waals surface area contributed by atoms with Gasteiger partial charge in [-0.3, -0.25) is 9.59 Å². The van der Waals surface area contributed by atoms with E-state index in [1.807, 2.05) is 12.1 Å². The first-order valence-electron chi connectivity index (χ1n) is 6.33. The number of benzene rings is 1. The fraction of sp³-hybridized carbons (Fsp3) is 0.214. The van der Waals surface area contributed by atoms with Crippen molar-refractivity contribution in [1.29, 1.82) is 0 Å². The summed E-state index contributed by atoms with van der Waals surface area (Å²) in [4.78, 5) is 27.5. The van der Waals surface area contributed by atoms with Crippen LogP contribution < -0.4 is 16.4 Å². The van der Waals surface area contributed by atoms with Crippen molar-refractivity contribution >= 4 is 34.0 Å². The maximum Gasteiger partial charge on any atom is 0.263 e. The lowest BCUT2D eigenvalue weighted by Gasteiger charge is -2.06. The molecule has 0 bridgehead atoms. The van der Waals surface area contributed by atoms with Crippen molar-refractivity contribution in [3.63, 3.8) is 0 Å². The van der Waals surface area contributed by atoms with Crippen LogP contribution in [0.4, 0.5) is 10.8 Å². The first-order valence-corrected chi connectivity index (χ1v) is 7.15. The number of carbonyl (C=O) groups is 2. The molecule has 0 unspecified atom stereocenters. The minimum Gasteiger partial charge on any atom is -0.375 e. The smallest absolute Gasteiger partial charge is 0.263 e. The van der Waals surface area contributed by atoms with Crippen LogP contribution in [-0.4, -0.2) is 16.8 Å². The van der Waals surface area contributed by atoms with Gasteiger partial charge in [0.1, 0.15) is 4.88 Å². The third-order valence-corrected chi connectivity index (χ3v) is 3.73. The summed E-state index contributed by atoms with van der Waals surface area (Å²) < 4.78 is 0. The van der Waals surface area contributed by atoms with Crippen LogP contribution in [0.5, 0.6) is 0 Å². The molecule has 0 spiro atoms. The summed E-state index contributed by atoms with van der Waals surface area (Å²) in [6.45, 7) is 3.61. The number of rotatable bonds is 4. The monoisotopic (exact) mass is 304 g/mol. The molecule has 6 nitrogen and oxygen atoms in total. The zero-order valence-corrected chi connectivity index (χ0v) is 12.6. The molecule has 0 fully saturated rings. The first kappa shape index (κ1) is 15.0. The molecular formula is C14H16N4O2S.